The van der Waals surface area contributed by atoms with Crippen molar-refractivity contribution in [2.24, 2.45) is 0 Å². The number of hydrogen-bond donors (Lipinski definition) is 0. The molecule has 0 saturated carbocycles. The molecule has 1 aliphatic rings. The van der Waals surface area contributed by atoms with Crippen molar-refractivity contribution in [1.29, 1.82) is 0 Å². The Bertz CT molecular complexity index is 3300. The summed E-state index contributed by atoms with van der Waals surface area (Å²) in [6, 6.07) is 79.2. The lowest BCUT2D eigenvalue weighted by Crippen LogP contribution is -2.29. The number of nitrogens with zero attached hydrogens (tertiary/aromatic N) is 2. The molecule has 0 saturated heterocycles. The van der Waals surface area contributed by atoms with Crippen molar-refractivity contribution in [2.75, 3.05) is 4.90 Å². The van der Waals surface area contributed by atoms with Crippen LogP contribution in [0.1, 0.15) is 22.3 Å². The maximum Gasteiger partial charge on any atom is 0.140 e. The van der Waals surface area contributed by atoms with Gasteiger partial charge in [0.05, 0.1) is 16.4 Å². The van der Waals surface area contributed by atoms with Crippen LogP contribution in [0.5, 0.6) is 0 Å². The number of benzene rings is 9. The Kier molecular flexibility index (Phi) is 7.14. The molecule has 0 spiro atoms. The minimum atomic E-state index is -0.661. The third-order valence-corrected chi connectivity index (χ3v) is 12.2. The fourth-order valence-corrected chi connectivity index (χ4v) is 9.88. The Balaban J connectivity index is 1.20. The van der Waals surface area contributed by atoms with Gasteiger partial charge in [0.2, 0.25) is 0 Å². The first-order valence-corrected chi connectivity index (χ1v) is 19.9. The van der Waals surface area contributed by atoms with Crippen molar-refractivity contribution in [3.05, 3.63) is 241 Å². The Hall–Kier alpha value is -7.62. The summed E-state index contributed by atoms with van der Waals surface area (Å²) in [4.78, 5) is 2.42. The summed E-state index contributed by atoms with van der Waals surface area (Å²) >= 11 is 0. The summed E-state index contributed by atoms with van der Waals surface area (Å²) in [5.41, 5.74) is 15.1. The van der Waals surface area contributed by atoms with Crippen molar-refractivity contribution in [1.82, 2.24) is 4.57 Å². The van der Waals surface area contributed by atoms with Crippen molar-refractivity contribution in [3.63, 3.8) is 0 Å². The molecule has 3 heteroatoms. The molecule has 0 fully saturated rings. The molecule has 0 aliphatic heterocycles. The first kappa shape index (κ1) is 32.6. The van der Waals surface area contributed by atoms with Crippen LogP contribution in [-0.4, -0.2) is 4.57 Å². The molecule has 9 aromatic carbocycles. The van der Waals surface area contributed by atoms with Crippen molar-refractivity contribution in [3.8, 4) is 16.8 Å². The molecule has 0 radical (unpaired) electrons. The number of hydrogen-bond acceptors (Lipinski definition) is 2. The second-order valence-electron chi connectivity index (χ2n) is 15.2. The van der Waals surface area contributed by atoms with E-state index in [1.54, 1.807) is 0 Å². The maximum atomic E-state index is 7.05. The molecule has 3 nitrogen and oxygen atoms in total. The van der Waals surface area contributed by atoms with Gasteiger partial charge in [0.25, 0.3) is 0 Å². The fourth-order valence-electron chi connectivity index (χ4n) is 9.88. The van der Waals surface area contributed by atoms with Crippen LogP contribution in [0.3, 0.4) is 0 Å². The second kappa shape index (κ2) is 12.7. The average Bonchev–Trinajstić information content (AvgIpc) is 3.94. The molecule has 0 unspecified atom stereocenters. The second-order valence-corrected chi connectivity index (χ2v) is 15.2. The zero-order valence-electron chi connectivity index (χ0n) is 31.6. The van der Waals surface area contributed by atoms with Gasteiger partial charge < -0.3 is 13.9 Å². The van der Waals surface area contributed by atoms with E-state index in [-0.39, 0.29) is 0 Å². The quantitative estimate of drug-likeness (QED) is 0.169. The van der Waals surface area contributed by atoms with Crippen molar-refractivity contribution in [2.45, 2.75) is 5.41 Å². The molecule has 0 amide bonds. The lowest BCUT2D eigenvalue weighted by molar-refractivity contribution is 0.648. The van der Waals surface area contributed by atoms with E-state index in [0.717, 1.165) is 50.3 Å². The topological polar surface area (TPSA) is 21.3 Å². The van der Waals surface area contributed by atoms with Gasteiger partial charge in [-0.05, 0) is 94.5 Å². The summed E-state index contributed by atoms with van der Waals surface area (Å²) < 4.78 is 9.42. The minimum absolute atomic E-state index is 0.661. The monoisotopic (exact) mass is 740 g/mol. The molecule has 0 bridgehead atoms. The van der Waals surface area contributed by atoms with Gasteiger partial charge in [-0.15, -0.1) is 0 Å². The van der Waals surface area contributed by atoms with E-state index < -0.39 is 5.41 Å². The van der Waals surface area contributed by atoms with Gasteiger partial charge in [0.1, 0.15) is 11.2 Å². The standard InChI is InChI=1S/C55H36N2O/c1-4-18-37(19-5-1)55(48-28-14-10-24-42(48)43-25-11-15-29-49(43)55)50-36-41(35-47-45-27-13-17-31-53(45)58-54(47)50)56(38-20-6-2-7-21-38)40-32-33-52-46(34-40)44-26-12-16-30-51(44)57(52)39-22-8-3-9-23-39/h1-36H. The first-order valence-electron chi connectivity index (χ1n) is 19.9. The highest BCUT2D eigenvalue weighted by molar-refractivity contribution is 6.12. The van der Waals surface area contributed by atoms with Crippen LogP contribution in [0, 0.1) is 0 Å². The van der Waals surface area contributed by atoms with Crippen LogP contribution in [0.4, 0.5) is 17.1 Å². The predicted octanol–water partition coefficient (Wildman–Crippen LogP) is 14.5. The van der Waals surface area contributed by atoms with Crippen LogP contribution in [0.25, 0.3) is 60.6 Å². The third kappa shape index (κ3) is 4.62. The van der Waals surface area contributed by atoms with Crippen LogP contribution in [0.15, 0.2) is 223 Å². The number of furan rings is 1. The molecular formula is C55H36N2O. The third-order valence-electron chi connectivity index (χ3n) is 12.2. The molecule has 0 N–H and O–H groups in total. The molecule has 2 heterocycles. The first-order chi connectivity index (χ1) is 28.8. The van der Waals surface area contributed by atoms with Gasteiger partial charge >= 0.3 is 0 Å². The zero-order chi connectivity index (χ0) is 38.2. The Labute approximate surface area is 336 Å². The van der Waals surface area contributed by atoms with E-state index in [0.29, 0.717) is 0 Å². The number of para-hydroxylation sites is 4. The highest BCUT2D eigenvalue weighted by Crippen LogP contribution is 2.58. The molecule has 0 atom stereocenters. The van der Waals surface area contributed by atoms with Crippen molar-refractivity contribution < 1.29 is 4.42 Å². The Morgan fingerprint density at radius 3 is 1.69 bits per heavy atom. The van der Waals surface area contributed by atoms with E-state index in [2.05, 4.69) is 228 Å². The van der Waals surface area contributed by atoms with Crippen LogP contribution < -0.4 is 4.90 Å². The Morgan fingerprint density at radius 1 is 0.379 bits per heavy atom. The minimum Gasteiger partial charge on any atom is -0.456 e. The van der Waals surface area contributed by atoms with Gasteiger partial charge in [0.15, 0.2) is 0 Å². The summed E-state index contributed by atoms with van der Waals surface area (Å²) in [7, 11) is 0. The fraction of sp³-hybridized carbons (Fsp3) is 0.0182. The van der Waals surface area contributed by atoms with E-state index in [4.69, 9.17) is 4.42 Å². The number of aromatic nitrogens is 1. The molecule has 58 heavy (non-hydrogen) atoms. The van der Waals surface area contributed by atoms with Gasteiger partial charge in [0, 0.05) is 49.9 Å². The molecular weight excluding hydrogens is 705 g/mol. The van der Waals surface area contributed by atoms with Gasteiger partial charge in [-0.3, -0.25) is 0 Å². The molecule has 2 aromatic heterocycles. The number of anilines is 3. The lowest BCUT2D eigenvalue weighted by atomic mass is 9.67. The smallest absolute Gasteiger partial charge is 0.140 e. The maximum absolute atomic E-state index is 7.05. The van der Waals surface area contributed by atoms with E-state index in [1.807, 2.05) is 0 Å². The summed E-state index contributed by atoms with van der Waals surface area (Å²) in [6.07, 6.45) is 0. The SMILES string of the molecule is c1ccc(N(c2cc(C3(c4ccccc4)c4ccccc4-c4ccccc43)c3oc4ccccc4c3c2)c2ccc3c(c2)c2ccccc2n3-c2ccccc2)cc1. The van der Waals surface area contributed by atoms with Crippen molar-refractivity contribution >= 4 is 60.8 Å². The van der Waals surface area contributed by atoms with Gasteiger partial charge in [-0.25, -0.2) is 0 Å². The summed E-state index contributed by atoms with van der Waals surface area (Å²) in [5, 5.41) is 4.60. The van der Waals surface area contributed by atoms with Gasteiger partial charge in [-0.2, -0.15) is 0 Å². The molecule has 11 aromatic rings. The molecule has 1 aliphatic carbocycles. The van der Waals surface area contributed by atoms with Gasteiger partial charge in [-0.1, -0.05) is 152 Å². The van der Waals surface area contributed by atoms with Crippen LogP contribution in [-0.2, 0) is 5.41 Å². The summed E-state index contributed by atoms with van der Waals surface area (Å²) in [6.45, 7) is 0. The number of fused-ring (bicyclic) bond motifs is 9. The molecule has 272 valence electrons. The average molecular weight is 741 g/mol. The van der Waals surface area contributed by atoms with E-state index >= 15 is 0 Å². The lowest BCUT2D eigenvalue weighted by Gasteiger charge is -2.35. The van der Waals surface area contributed by atoms with Crippen LogP contribution >= 0.6 is 0 Å². The van der Waals surface area contributed by atoms with Crippen LogP contribution in [0.2, 0.25) is 0 Å². The van der Waals surface area contributed by atoms with E-state index in [9.17, 15) is 0 Å². The normalized spacial score (nSPS) is 13.0. The largest absolute Gasteiger partial charge is 0.456 e. The highest BCUT2D eigenvalue weighted by Gasteiger charge is 2.48. The zero-order valence-corrected chi connectivity index (χ0v) is 31.6. The number of rotatable bonds is 6. The van der Waals surface area contributed by atoms with E-state index in [1.165, 1.54) is 49.6 Å². The molecule has 12 rings (SSSR count). The predicted molar refractivity (Wildman–Crippen MR) is 240 cm³/mol. The summed E-state index contributed by atoms with van der Waals surface area (Å²) in [5.74, 6) is 0. The highest BCUT2D eigenvalue weighted by atomic mass is 16.3. The Morgan fingerprint density at radius 2 is 0.948 bits per heavy atom.